The minimum atomic E-state index is -0.579. The van der Waals surface area contributed by atoms with Crippen molar-refractivity contribution in [1.82, 2.24) is 9.80 Å². The van der Waals surface area contributed by atoms with E-state index < -0.39 is 6.04 Å². The predicted octanol–water partition coefficient (Wildman–Crippen LogP) is 0.746. The smallest absolute Gasteiger partial charge is 0.397 e. The van der Waals surface area contributed by atoms with Crippen molar-refractivity contribution in [1.29, 1.82) is 0 Å². The highest BCUT2D eigenvalue weighted by molar-refractivity contribution is 6.23. The molecule has 9 nitrogen and oxygen atoms in total. The van der Waals surface area contributed by atoms with Crippen LogP contribution in [-0.2, 0) is 9.53 Å². The molecular formula is C19H22N5O4+. The molecule has 1 aromatic carbocycles. The second-order valence-corrected chi connectivity index (χ2v) is 6.88. The van der Waals surface area contributed by atoms with Gasteiger partial charge in [-0.25, -0.2) is 19.1 Å². The Hall–Kier alpha value is -3.23. The third-order valence-corrected chi connectivity index (χ3v) is 5.22. The Labute approximate surface area is 162 Å². The van der Waals surface area contributed by atoms with Crippen LogP contribution in [0.4, 0.5) is 10.5 Å². The molecule has 1 atom stereocenters. The number of ether oxygens (including phenoxy) is 1. The van der Waals surface area contributed by atoms with E-state index in [4.69, 9.17) is 4.74 Å². The fourth-order valence-corrected chi connectivity index (χ4v) is 3.77. The number of carbonyl (C=O) groups excluding carboxylic acids is 3. The summed E-state index contributed by atoms with van der Waals surface area (Å²) in [4.78, 5) is 46.1. The van der Waals surface area contributed by atoms with Crippen molar-refractivity contribution in [3.8, 4) is 0 Å². The number of rotatable bonds is 3. The summed E-state index contributed by atoms with van der Waals surface area (Å²) in [5.41, 5.74) is 1.35. The Morgan fingerprint density at radius 2 is 1.93 bits per heavy atom. The van der Waals surface area contributed by atoms with Gasteiger partial charge in [0, 0.05) is 20.5 Å². The zero-order valence-corrected chi connectivity index (χ0v) is 16.1. The third-order valence-electron chi connectivity index (χ3n) is 5.22. The van der Waals surface area contributed by atoms with E-state index in [2.05, 4.69) is 4.99 Å². The zero-order chi connectivity index (χ0) is 20.0. The molecule has 28 heavy (non-hydrogen) atoms. The molecule has 0 saturated carbocycles. The van der Waals surface area contributed by atoms with Crippen LogP contribution in [0, 0.1) is 0 Å². The number of likely N-dealkylation sites (N-methyl/N-ethyl adjacent to an activating group) is 2. The molecular weight excluding hydrogens is 362 g/mol. The van der Waals surface area contributed by atoms with Gasteiger partial charge in [0.05, 0.1) is 25.3 Å². The van der Waals surface area contributed by atoms with Crippen molar-refractivity contribution in [2.24, 2.45) is 4.99 Å². The van der Waals surface area contributed by atoms with Gasteiger partial charge in [-0.05, 0) is 31.2 Å². The van der Waals surface area contributed by atoms with Crippen molar-refractivity contribution in [2.45, 2.75) is 19.4 Å². The quantitative estimate of drug-likeness (QED) is 0.567. The lowest BCUT2D eigenvalue weighted by atomic mass is 10.1. The predicted molar refractivity (Wildman–Crippen MR) is 102 cm³/mol. The van der Waals surface area contributed by atoms with Crippen LogP contribution in [0.1, 0.15) is 23.7 Å². The van der Waals surface area contributed by atoms with Gasteiger partial charge in [-0.15, -0.1) is 0 Å². The summed E-state index contributed by atoms with van der Waals surface area (Å²) in [5, 5.41) is 0. The number of guanidine groups is 1. The van der Waals surface area contributed by atoms with Gasteiger partial charge < -0.3 is 4.74 Å². The number of aliphatic imine (C=N–C) groups is 1. The average Bonchev–Trinajstić information content (AvgIpc) is 3.11. The largest absolute Gasteiger partial charge is 0.462 e. The van der Waals surface area contributed by atoms with Gasteiger partial charge in [-0.1, -0.05) is 4.99 Å². The van der Waals surface area contributed by atoms with Crippen LogP contribution in [0.5, 0.6) is 0 Å². The molecule has 3 aliphatic heterocycles. The maximum atomic E-state index is 12.7. The molecule has 3 amide bonds. The van der Waals surface area contributed by atoms with E-state index in [-0.39, 0.29) is 17.9 Å². The summed E-state index contributed by atoms with van der Waals surface area (Å²) in [7, 11) is 3.13. The first-order valence-corrected chi connectivity index (χ1v) is 9.26. The van der Waals surface area contributed by atoms with E-state index >= 15 is 0 Å². The molecule has 3 heterocycles. The van der Waals surface area contributed by atoms with Gasteiger partial charge >= 0.3 is 18.0 Å². The minimum absolute atomic E-state index is 0.267. The molecule has 0 aromatic heterocycles. The Morgan fingerprint density at radius 3 is 2.61 bits per heavy atom. The molecule has 0 bridgehead atoms. The highest BCUT2D eigenvalue weighted by Gasteiger charge is 2.53. The lowest BCUT2D eigenvalue weighted by Gasteiger charge is -2.32. The number of urea groups is 1. The molecule has 1 saturated heterocycles. The van der Waals surface area contributed by atoms with Crippen LogP contribution in [-0.4, -0.2) is 83.9 Å². The second kappa shape index (κ2) is 6.74. The van der Waals surface area contributed by atoms with Crippen LogP contribution in [0.15, 0.2) is 29.3 Å². The van der Waals surface area contributed by atoms with Gasteiger partial charge in [-0.3, -0.25) is 14.6 Å². The van der Waals surface area contributed by atoms with Gasteiger partial charge in [-0.2, -0.15) is 0 Å². The molecule has 4 rings (SSSR count). The minimum Gasteiger partial charge on any atom is -0.462 e. The van der Waals surface area contributed by atoms with Crippen molar-refractivity contribution in [3.05, 3.63) is 29.8 Å². The van der Waals surface area contributed by atoms with E-state index in [1.807, 2.05) is 21.6 Å². The van der Waals surface area contributed by atoms with Crippen molar-refractivity contribution < 1.29 is 23.7 Å². The number of fused-ring (bicyclic) bond motifs is 2. The fourth-order valence-electron chi connectivity index (χ4n) is 3.77. The Bertz CT molecular complexity index is 921. The number of carbonyl (C=O) groups is 3. The number of hydrogen-bond acceptors (Lipinski definition) is 6. The van der Waals surface area contributed by atoms with Gasteiger partial charge in [0.2, 0.25) is 11.9 Å². The van der Waals surface area contributed by atoms with Crippen LogP contribution >= 0.6 is 0 Å². The number of benzene rings is 1. The SMILES string of the molecule is CCOC(=O)c1ccc(N2CCC[N+]3=C2N=C2C3C(=O)N(C)C(=O)N2C)cc1. The van der Waals surface area contributed by atoms with Gasteiger partial charge in [0.25, 0.3) is 5.91 Å². The molecule has 0 aliphatic carbocycles. The Kier molecular flexibility index (Phi) is 4.37. The summed E-state index contributed by atoms with van der Waals surface area (Å²) >= 11 is 0. The average molecular weight is 384 g/mol. The number of amides is 3. The number of nitrogens with zero attached hydrogens (tertiary/aromatic N) is 5. The highest BCUT2D eigenvalue weighted by atomic mass is 16.5. The number of hydrogen-bond donors (Lipinski definition) is 0. The van der Waals surface area contributed by atoms with E-state index in [1.54, 1.807) is 26.1 Å². The topological polar surface area (TPSA) is 85.5 Å². The van der Waals surface area contributed by atoms with Crippen LogP contribution in [0.25, 0.3) is 0 Å². The summed E-state index contributed by atoms with van der Waals surface area (Å²) in [6, 6.07) is 6.16. The molecule has 0 spiro atoms. The first-order chi connectivity index (χ1) is 13.4. The van der Waals surface area contributed by atoms with Crippen molar-refractivity contribution in [3.63, 3.8) is 0 Å². The van der Waals surface area contributed by atoms with Crippen LogP contribution in [0.3, 0.4) is 0 Å². The Balaban J connectivity index is 1.68. The molecule has 146 valence electrons. The maximum absolute atomic E-state index is 12.7. The molecule has 1 unspecified atom stereocenters. The van der Waals surface area contributed by atoms with E-state index in [1.165, 1.54) is 11.9 Å². The number of amidine groups is 1. The lowest BCUT2D eigenvalue weighted by molar-refractivity contribution is -0.539. The van der Waals surface area contributed by atoms with Gasteiger partial charge in [0.1, 0.15) is 5.69 Å². The summed E-state index contributed by atoms with van der Waals surface area (Å²) in [6.45, 7) is 3.51. The molecule has 9 heteroatoms. The lowest BCUT2D eigenvalue weighted by Crippen LogP contribution is -2.62. The molecule has 0 N–H and O–H groups in total. The number of anilines is 1. The molecule has 3 aliphatic rings. The first kappa shape index (κ1) is 18.1. The second-order valence-electron chi connectivity index (χ2n) is 6.88. The fraction of sp³-hybridized carbons (Fsp3) is 0.421. The highest BCUT2D eigenvalue weighted by Crippen LogP contribution is 2.26. The van der Waals surface area contributed by atoms with Gasteiger partial charge in [0.15, 0.2) is 0 Å². The van der Waals surface area contributed by atoms with Crippen LogP contribution in [0.2, 0.25) is 0 Å². The number of esters is 1. The summed E-state index contributed by atoms with van der Waals surface area (Å²) in [6.07, 6.45) is 0.844. The summed E-state index contributed by atoms with van der Waals surface area (Å²) < 4.78 is 6.97. The monoisotopic (exact) mass is 384 g/mol. The van der Waals surface area contributed by atoms with Crippen molar-refractivity contribution in [2.75, 3.05) is 38.7 Å². The van der Waals surface area contributed by atoms with E-state index in [0.29, 0.717) is 30.5 Å². The van der Waals surface area contributed by atoms with Crippen LogP contribution < -0.4 is 4.90 Å². The standard InChI is InChI=1S/C19H22N5O4/c1-4-28-17(26)12-6-8-13(9-7-12)23-10-5-11-24-14-15(20-18(23)24)21(2)19(27)22(3)16(14)25/h6-9,14H,4-5,10-11H2,1-3H3/q+1. The van der Waals surface area contributed by atoms with Crippen molar-refractivity contribution >= 4 is 35.4 Å². The Morgan fingerprint density at radius 1 is 1.21 bits per heavy atom. The molecule has 1 fully saturated rings. The maximum Gasteiger partial charge on any atom is 0.397 e. The molecule has 0 radical (unpaired) electrons. The third kappa shape index (κ3) is 2.65. The number of imide groups is 1. The molecule has 1 aromatic rings. The first-order valence-electron chi connectivity index (χ1n) is 9.26. The zero-order valence-electron chi connectivity index (χ0n) is 16.1. The van der Waals surface area contributed by atoms with E-state index in [9.17, 15) is 14.4 Å². The van der Waals surface area contributed by atoms with E-state index in [0.717, 1.165) is 23.6 Å². The normalized spacial score (nSPS) is 21.6. The summed E-state index contributed by atoms with van der Waals surface area (Å²) in [5.74, 6) is 0.482.